The molecule has 2 aliphatic heterocycles. The molecule has 3 atom stereocenters. The average Bonchev–Trinajstić information content (AvgIpc) is 3.26. The largest absolute Gasteiger partial charge is 0.338 e. The zero-order valence-corrected chi connectivity index (χ0v) is 17.5. The quantitative estimate of drug-likeness (QED) is 0.789. The highest BCUT2D eigenvalue weighted by Crippen LogP contribution is 2.46. The zero-order chi connectivity index (χ0) is 20.7. The molecule has 2 saturated heterocycles. The number of hydrogen-bond donors (Lipinski definition) is 0. The third-order valence-corrected chi connectivity index (χ3v) is 6.25. The van der Waals surface area contributed by atoms with E-state index in [9.17, 15) is 9.59 Å². The number of hydrogen-bond acceptors (Lipinski definition) is 3. The predicted molar refractivity (Wildman–Crippen MR) is 112 cm³/mol. The number of carbonyl (C=O) groups is 2. The van der Waals surface area contributed by atoms with Crippen LogP contribution in [0.5, 0.6) is 0 Å². The smallest absolute Gasteiger partial charge is 0.320 e. The molecule has 152 valence electrons. The third-order valence-electron chi connectivity index (χ3n) is 6.25. The number of fused-ring (bicyclic) bond motifs is 1. The maximum atomic E-state index is 13.0. The van der Waals surface area contributed by atoms with Crippen molar-refractivity contribution in [1.29, 1.82) is 0 Å². The minimum atomic E-state index is -0.00922. The van der Waals surface area contributed by atoms with Gasteiger partial charge in [-0.3, -0.25) is 9.78 Å². The minimum Gasteiger partial charge on any atom is -0.338 e. The number of benzene rings is 1. The standard InChI is InChI=1S/C23H28N4O2/c1-15-7-5-6-8-19(15)21-20-14-26(22(28)17-10-9-16(2)24-11-17)12-18(20)13-27(21)23(29)25(3)4/h5-11,18,20-21H,12-14H2,1-4H3/t18-,20-,21+/m1/s1. The fourth-order valence-electron chi connectivity index (χ4n) is 4.76. The SMILES string of the molecule is Cc1ccc(C(=O)N2C[C@@H]3CN(C(=O)N(C)C)[C@@H](c4ccccc4C)[C@@H]3C2)cn1. The van der Waals surface area contributed by atoms with Crippen LogP contribution in [0, 0.1) is 25.7 Å². The van der Waals surface area contributed by atoms with Crippen LogP contribution < -0.4 is 0 Å². The van der Waals surface area contributed by atoms with Crippen LogP contribution in [-0.2, 0) is 0 Å². The summed E-state index contributed by atoms with van der Waals surface area (Å²) in [5.74, 6) is 0.550. The van der Waals surface area contributed by atoms with Crippen molar-refractivity contribution in [1.82, 2.24) is 19.7 Å². The Bertz CT molecular complexity index is 925. The van der Waals surface area contributed by atoms with E-state index in [0.717, 1.165) is 5.69 Å². The maximum absolute atomic E-state index is 13.0. The summed E-state index contributed by atoms with van der Waals surface area (Å²) in [4.78, 5) is 35.8. The molecule has 29 heavy (non-hydrogen) atoms. The van der Waals surface area contributed by atoms with E-state index in [1.54, 1.807) is 25.2 Å². The Morgan fingerprint density at radius 2 is 1.79 bits per heavy atom. The number of aromatic nitrogens is 1. The molecule has 4 rings (SSSR count). The van der Waals surface area contributed by atoms with Gasteiger partial charge in [-0.25, -0.2) is 4.79 Å². The molecule has 2 fully saturated rings. The Balaban J connectivity index is 1.62. The number of urea groups is 1. The molecule has 6 heteroatoms. The maximum Gasteiger partial charge on any atom is 0.320 e. The van der Waals surface area contributed by atoms with E-state index in [0.29, 0.717) is 25.2 Å². The number of pyridine rings is 1. The topological polar surface area (TPSA) is 56.8 Å². The van der Waals surface area contributed by atoms with Gasteiger partial charge in [-0.1, -0.05) is 24.3 Å². The number of carbonyl (C=O) groups excluding carboxylic acids is 2. The summed E-state index contributed by atoms with van der Waals surface area (Å²) in [5, 5.41) is 0. The van der Waals surface area contributed by atoms with Gasteiger partial charge in [-0.2, -0.15) is 0 Å². The van der Waals surface area contributed by atoms with Crippen LogP contribution in [0.1, 0.15) is 33.2 Å². The van der Waals surface area contributed by atoms with Gasteiger partial charge in [0.15, 0.2) is 0 Å². The van der Waals surface area contributed by atoms with Crippen molar-refractivity contribution >= 4 is 11.9 Å². The van der Waals surface area contributed by atoms with Gasteiger partial charge >= 0.3 is 6.03 Å². The van der Waals surface area contributed by atoms with Crippen LogP contribution >= 0.6 is 0 Å². The van der Waals surface area contributed by atoms with Crippen molar-refractivity contribution in [3.8, 4) is 0 Å². The van der Waals surface area contributed by atoms with Gasteiger partial charge in [0.2, 0.25) is 0 Å². The second-order valence-corrected chi connectivity index (χ2v) is 8.45. The first-order valence-corrected chi connectivity index (χ1v) is 10.1. The summed E-state index contributed by atoms with van der Waals surface area (Å²) in [5.41, 5.74) is 3.89. The lowest BCUT2D eigenvalue weighted by Crippen LogP contribution is -2.42. The molecule has 1 aromatic carbocycles. The molecule has 2 aliphatic rings. The Kier molecular flexibility index (Phi) is 5.03. The Hall–Kier alpha value is -2.89. The Morgan fingerprint density at radius 1 is 1.03 bits per heavy atom. The van der Waals surface area contributed by atoms with Gasteiger partial charge in [0.25, 0.3) is 5.91 Å². The van der Waals surface area contributed by atoms with Crippen LogP contribution in [0.4, 0.5) is 4.79 Å². The normalized spacial score (nSPS) is 23.2. The van der Waals surface area contributed by atoms with Crippen LogP contribution in [-0.4, -0.2) is 65.4 Å². The van der Waals surface area contributed by atoms with E-state index >= 15 is 0 Å². The Labute approximate surface area is 172 Å². The summed E-state index contributed by atoms with van der Waals surface area (Å²) in [7, 11) is 3.59. The molecule has 0 radical (unpaired) electrons. The third kappa shape index (κ3) is 3.48. The summed E-state index contributed by atoms with van der Waals surface area (Å²) in [6.07, 6.45) is 1.66. The molecule has 0 spiro atoms. The van der Waals surface area contributed by atoms with E-state index in [2.05, 4.69) is 24.0 Å². The van der Waals surface area contributed by atoms with Crippen LogP contribution in [0.15, 0.2) is 42.6 Å². The highest BCUT2D eigenvalue weighted by Gasteiger charge is 2.50. The predicted octanol–water partition coefficient (Wildman–Crippen LogP) is 3.13. The second kappa shape index (κ2) is 7.50. The van der Waals surface area contributed by atoms with E-state index in [4.69, 9.17) is 0 Å². The number of nitrogens with zero attached hydrogens (tertiary/aromatic N) is 4. The van der Waals surface area contributed by atoms with Crippen molar-refractivity contribution in [2.45, 2.75) is 19.9 Å². The van der Waals surface area contributed by atoms with Gasteiger partial charge in [0.05, 0.1) is 11.6 Å². The second-order valence-electron chi connectivity index (χ2n) is 8.45. The van der Waals surface area contributed by atoms with Crippen molar-refractivity contribution in [2.24, 2.45) is 11.8 Å². The minimum absolute atomic E-state index is 0.00922. The molecular formula is C23H28N4O2. The molecule has 6 nitrogen and oxygen atoms in total. The van der Waals surface area contributed by atoms with Crippen LogP contribution in [0.2, 0.25) is 0 Å². The molecule has 0 aliphatic carbocycles. The first-order valence-electron chi connectivity index (χ1n) is 10.1. The van der Waals surface area contributed by atoms with Gasteiger partial charge in [0, 0.05) is 57.5 Å². The van der Waals surface area contributed by atoms with E-state index in [-0.39, 0.29) is 29.8 Å². The molecule has 0 bridgehead atoms. The van der Waals surface area contributed by atoms with Crippen molar-refractivity contribution in [3.63, 3.8) is 0 Å². The number of likely N-dealkylation sites (tertiary alicyclic amines) is 2. The summed E-state index contributed by atoms with van der Waals surface area (Å²) in [6, 6.07) is 12.0. The molecule has 1 aromatic heterocycles. The molecule has 0 saturated carbocycles. The summed E-state index contributed by atoms with van der Waals surface area (Å²) < 4.78 is 0. The first kappa shape index (κ1) is 19.4. The van der Waals surface area contributed by atoms with Gasteiger partial charge in [-0.15, -0.1) is 0 Å². The summed E-state index contributed by atoms with van der Waals surface area (Å²) in [6.45, 7) is 6.02. The molecule has 3 amide bonds. The fourth-order valence-corrected chi connectivity index (χ4v) is 4.76. The molecule has 0 unspecified atom stereocenters. The number of aryl methyl sites for hydroxylation is 2. The molecular weight excluding hydrogens is 364 g/mol. The number of amides is 3. The Morgan fingerprint density at radius 3 is 2.45 bits per heavy atom. The average molecular weight is 393 g/mol. The van der Waals surface area contributed by atoms with Crippen molar-refractivity contribution in [3.05, 3.63) is 65.0 Å². The highest BCUT2D eigenvalue weighted by molar-refractivity contribution is 5.94. The molecule has 2 aromatic rings. The van der Waals surface area contributed by atoms with E-state index in [1.165, 1.54) is 11.1 Å². The molecule has 0 N–H and O–H groups in total. The lowest BCUT2D eigenvalue weighted by Gasteiger charge is -2.32. The lowest BCUT2D eigenvalue weighted by molar-refractivity contribution is 0.0766. The van der Waals surface area contributed by atoms with Gasteiger partial charge in [-0.05, 0) is 37.1 Å². The van der Waals surface area contributed by atoms with E-state index < -0.39 is 0 Å². The fraction of sp³-hybridized carbons (Fsp3) is 0.435. The van der Waals surface area contributed by atoms with Gasteiger partial charge < -0.3 is 14.7 Å². The highest BCUT2D eigenvalue weighted by atomic mass is 16.2. The first-order chi connectivity index (χ1) is 13.9. The lowest BCUT2D eigenvalue weighted by atomic mass is 9.88. The zero-order valence-electron chi connectivity index (χ0n) is 17.5. The summed E-state index contributed by atoms with van der Waals surface area (Å²) >= 11 is 0. The van der Waals surface area contributed by atoms with E-state index in [1.807, 2.05) is 41.0 Å². The van der Waals surface area contributed by atoms with Crippen molar-refractivity contribution in [2.75, 3.05) is 33.7 Å². The van der Waals surface area contributed by atoms with Crippen LogP contribution in [0.3, 0.4) is 0 Å². The van der Waals surface area contributed by atoms with Crippen molar-refractivity contribution < 1.29 is 9.59 Å². The van der Waals surface area contributed by atoms with Crippen LogP contribution in [0.25, 0.3) is 0 Å². The molecule has 3 heterocycles. The number of rotatable bonds is 2. The monoisotopic (exact) mass is 392 g/mol. The van der Waals surface area contributed by atoms with Gasteiger partial charge in [0.1, 0.15) is 0 Å².